The number of hydrogen-bond donors (Lipinski definition) is 1. The molecule has 2 fully saturated rings. The molecule has 0 aromatic carbocycles. The maximum absolute atomic E-state index is 11.4. The largest absolute Gasteiger partial charge is 0.461 e. The van der Waals surface area contributed by atoms with Crippen molar-refractivity contribution < 1.29 is 14.3 Å². The van der Waals surface area contributed by atoms with Crippen molar-refractivity contribution in [3.05, 3.63) is 0 Å². The molecule has 0 radical (unpaired) electrons. The number of rotatable bonds is 3. The van der Waals surface area contributed by atoms with Crippen LogP contribution in [-0.2, 0) is 14.3 Å². The summed E-state index contributed by atoms with van der Waals surface area (Å²) in [5.74, 6) is -0.128. The molecule has 2 aliphatic heterocycles. The number of nitrogens with one attached hydrogen (secondary N) is 1. The lowest BCUT2D eigenvalue weighted by Crippen LogP contribution is -2.47. The van der Waals surface area contributed by atoms with Crippen molar-refractivity contribution in [1.82, 2.24) is 10.2 Å². The Morgan fingerprint density at radius 2 is 2.38 bits per heavy atom. The molecule has 2 saturated heterocycles. The van der Waals surface area contributed by atoms with E-state index in [1.54, 1.807) is 0 Å². The van der Waals surface area contributed by atoms with Gasteiger partial charge in [-0.25, -0.2) is 0 Å². The number of hydrogen-bond acceptors (Lipinski definition) is 5. The standard InChI is InChI=1S/C11H20N2O3/c1-8-5-10(11(14)16-8)12-6-9-7-13(2)3-4-15-9/h8-10,12H,3-7H2,1-2H3. The third kappa shape index (κ3) is 2.93. The summed E-state index contributed by atoms with van der Waals surface area (Å²) in [6.07, 6.45) is 0.990. The first-order chi connectivity index (χ1) is 7.65. The molecule has 2 rings (SSSR count). The van der Waals surface area contributed by atoms with Crippen molar-refractivity contribution in [2.45, 2.75) is 31.6 Å². The molecule has 0 amide bonds. The number of carbonyl (C=O) groups is 1. The maximum Gasteiger partial charge on any atom is 0.323 e. The van der Waals surface area contributed by atoms with Gasteiger partial charge in [0.25, 0.3) is 0 Å². The van der Waals surface area contributed by atoms with E-state index in [0.717, 1.165) is 32.7 Å². The van der Waals surface area contributed by atoms with Crippen LogP contribution in [0.25, 0.3) is 0 Å². The van der Waals surface area contributed by atoms with E-state index in [0.29, 0.717) is 0 Å². The first-order valence-electron chi connectivity index (χ1n) is 5.89. The number of likely N-dealkylation sites (N-methyl/N-ethyl adjacent to an activating group) is 1. The number of nitrogens with zero attached hydrogens (tertiary/aromatic N) is 1. The van der Waals surface area contributed by atoms with Crippen LogP contribution in [0, 0.1) is 0 Å². The van der Waals surface area contributed by atoms with Crippen LogP contribution in [-0.4, -0.2) is 62.4 Å². The van der Waals surface area contributed by atoms with Gasteiger partial charge in [-0.3, -0.25) is 4.79 Å². The second-order valence-electron chi connectivity index (χ2n) is 4.70. The molecular formula is C11H20N2O3. The first-order valence-corrected chi connectivity index (χ1v) is 5.89. The van der Waals surface area contributed by atoms with Crippen LogP contribution in [0.4, 0.5) is 0 Å². The molecule has 16 heavy (non-hydrogen) atoms. The van der Waals surface area contributed by atoms with E-state index in [1.165, 1.54) is 0 Å². The van der Waals surface area contributed by atoms with Gasteiger partial charge in [0.2, 0.25) is 0 Å². The fourth-order valence-electron chi connectivity index (χ4n) is 2.19. The Bertz CT molecular complexity index is 260. The van der Waals surface area contributed by atoms with Gasteiger partial charge in [-0.1, -0.05) is 0 Å². The van der Waals surface area contributed by atoms with Crippen molar-refractivity contribution >= 4 is 5.97 Å². The molecular weight excluding hydrogens is 208 g/mol. The monoisotopic (exact) mass is 228 g/mol. The Balaban J connectivity index is 1.72. The van der Waals surface area contributed by atoms with E-state index >= 15 is 0 Å². The molecule has 0 saturated carbocycles. The van der Waals surface area contributed by atoms with Gasteiger partial charge in [0, 0.05) is 26.1 Å². The Labute approximate surface area is 96.1 Å². The second-order valence-corrected chi connectivity index (χ2v) is 4.70. The van der Waals surface area contributed by atoms with Gasteiger partial charge in [0.15, 0.2) is 0 Å². The Morgan fingerprint density at radius 3 is 3.00 bits per heavy atom. The predicted octanol–water partition coefficient (Wildman–Crippen LogP) is -0.389. The lowest BCUT2D eigenvalue weighted by molar-refractivity contribution is -0.142. The third-order valence-electron chi connectivity index (χ3n) is 3.10. The zero-order valence-electron chi connectivity index (χ0n) is 9.94. The number of morpholine rings is 1. The minimum Gasteiger partial charge on any atom is -0.461 e. The molecule has 2 aliphatic rings. The normalized spacial score (nSPS) is 36.4. The fourth-order valence-corrected chi connectivity index (χ4v) is 2.19. The smallest absolute Gasteiger partial charge is 0.323 e. The quantitative estimate of drug-likeness (QED) is 0.667. The van der Waals surface area contributed by atoms with Crippen LogP contribution in [0.3, 0.4) is 0 Å². The SMILES string of the molecule is CC1CC(NCC2CN(C)CCO2)C(=O)O1. The van der Waals surface area contributed by atoms with Gasteiger partial charge in [-0.05, 0) is 14.0 Å². The predicted molar refractivity (Wildman–Crippen MR) is 59.2 cm³/mol. The maximum atomic E-state index is 11.4. The molecule has 2 heterocycles. The zero-order valence-corrected chi connectivity index (χ0v) is 9.94. The van der Waals surface area contributed by atoms with Gasteiger partial charge in [-0.2, -0.15) is 0 Å². The van der Waals surface area contributed by atoms with E-state index in [9.17, 15) is 4.79 Å². The van der Waals surface area contributed by atoms with Crippen molar-refractivity contribution in [2.24, 2.45) is 0 Å². The zero-order chi connectivity index (χ0) is 11.5. The molecule has 5 nitrogen and oxygen atoms in total. The summed E-state index contributed by atoms with van der Waals surface area (Å²) in [4.78, 5) is 13.6. The van der Waals surface area contributed by atoms with Gasteiger partial charge < -0.3 is 19.7 Å². The Morgan fingerprint density at radius 1 is 1.56 bits per heavy atom. The van der Waals surface area contributed by atoms with E-state index in [-0.39, 0.29) is 24.2 Å². The Hall–Kier alpha value is -0.650. The summed E-state index contributed by atoms with van der Waals surface area (Å²) in [5, 5.41) is 3.23. The summed E-state index contributed by atoms with van der Waals surface area (Å²) in [6.45, 7) is 5.32. The van der Waals surface area contributed by atoms with Crippen molar-refractivity contribution in [3.8, 4) is 0 Å². The summed E-state index contributed by atoms with van der Waals surface area (Å²) in [6, 6.07) is -0.147. The molecule has 0 aromatic rings. The van der Waals surface area contributed by atoms with Gasteiger partial charge in [-0.15, -0.1) is 0 Å². The van der Waals surface area contributed by atoms with Crippen molar-refractivity contribution in [2.75, 3.05) is 33.3 Å². The molecule has 3 unspecified atom stereocenters. The highest BCUT2D eigenvalue weighted by Crippen LogP contribution is 2.14. The Kier molecular flexibility index (Phi) is 3.78. The van der Waals surface area contributed by atoms with E-state index < -0.39 is 0 Å². The molecule has 5 heteroatoms. The molecule has 0 bridgehead atoms. The number of cyclic esters (lactones) is 1. The lowest BCUT2D eigenvalue weighted by atomic mass is 10.2. The molecule has 0 aliphatic carbocycles. The molecule has 0 aromatic heterocycles. The number of carbonyl (C=O) groups excluding carboxylic acids is 1. The lowest BCUT2D eigenvalue weighted by Gasteiger charge is -2.30. The van der Waals surface area contributed by atoms with Crippen molar-refractivity contribution in [3.63, 3.8) is 0 Å². The topological polar surface area (TPSA) is 50.8 Å². The van der Waals surface area contributed by atoms with Crippen LogP contribution in [0.5, 0.6) is 0 Å². The van der Waals surface area contributed by atoms with Crippen molar-refractivity contribution in [1.29, 1.82) is 0 Å². The average molecular weight is 228 g/mol. The summed E-state index contributed by atoms with van der Waals surface area (Å²) < 4.78 is 10.7. The summed E-state index contributed by atoms with van der Waals surface area (Å²) in [5.41, 5.74) is 0. The van der Waals surface area contributed by atoms with Crippen LogP contribution in [0.2, 0.25) is 0 Å². The third-order valence-corrected chi connectivity index (χ3v) is 3.10. The summed E-state index contributed by atoms with van der Waals surface area (Å²) in [7, 11) is 2.08. The number of esters is 1. The molecule has 92 valence electrons. The molecule has 1 N–H and O–H groups in total. The minimum atomic E-state index is -0.147. The number of ether oxygens (including phenoxy) is 2. The van der Waals surface area contributed by atoms with E-state index in [1.807, 2.05) is 6.92 Å². The highest BCUT2D eigenvalue weighted by atomic mass is 16.6. The first kappa shape index (κ1) is 11.8. The van der Waals surface area contributed by atoms with E-state index in [2.05, 4.69) is 17.3 Å². The highest BCUT2D eigenvalue weighted by Gasteiger charge is 2.32. The summed E-state index contributed by atoms with van der Waals surface area (Å²) >= 11 is 0. The van der Waals surface area contributed by atoms with Crippen LogP contribution in [0.15, 0.2) is 0 Å². The van der Waals surface area contributed by atoms with Gasteiger partial charge in [0.1, 0.15) is 12.1 Å². The second kappa shape index (κ2) is 5.12. The minimum absolute atomic E-state index is 0.0416. The molecule has 0 spiro atoms. The molecule has 3 atom stereocenters. The van der Waals surface area contributed by atoms with Gasteiger partial charge >= 0.3 is 5.97 Å². The van der Waals surface area contributed by atoms with Gasteiger partial charge in [0.05, 0.1) is 12.7 Å². The van der Waals surface area contributed by atoms with Crippen LogP contribution < -0.4 is 5.32 Å². The van der Waals surface area contributed by atoms with E-state index in [4.69, 9.17) is 9.47 Å². The average Bonchev–Trinajstić information content (AvgIpc) is 2.54. The fraction of sp³-hybridized carbons (Fsp3) is 0.909. The highest BCUT2D eigenvalue weighted by molar-refractivity contribution is 5.77. The van der Waals surface area contributed by atoms with Crippen LogP contribution >= 0.6 is 0 Å². The van der Waals surface area contributed by atoms with Crippen LogP contribution in [0.1, 0.15) is 13.3 Å².